The number of ketones is 1. The van der Waals surface area contributed by atoms with Gasteiger partial charge in [-0.2, -0.15) is 0 Å². The number of nitrogens with zero attached hydrogens (tertiary/aromatic N) is 1. The Morgan fingerprint density at radius 3 is 2.74 bits per heavy atom. The third kappa shape index (κ3) is 1.71. The molecule has 0 amide bonds. The van der Waals surface area contributed by atoms with Crippen molar-refractivity contribution in [1.82, 2.24) is 0 Å². The summed E-state index contributed by atoms with van der Waals surface area (Å²) in [6.07, 6.45) is 0. The highest BCUT2D eigenvalue weighted by atomic mass is 16.7. The number of hydrogen-bond acceptors (Lipinski definition) is 5. The molecule has 6 heteroatoms. The molecule has 1 N–H and O–H groups in total. The lowest BCUT2D eigenvalue weighted by molar-refractivity contribution is -0.139. The van der Waals surface area contributed by atoms with E-state index in [1.54, 1.807) is 12.1 Å². The molecule has 2 aliphatic heterocycles. The fourth-order valence-corrected chi connectivity index (χ4v) is 2.47. The van der Waals surface area contributed by atoms with Crippen LogP contribution in [0.4, 0.5) is 5.69 Å². The molecule has 0 saturated carbocycles. The molecule has 100 valence electrons. The Bertz CT molecular complexity index is 568. The van der Waals surface area contributed by atoms with Crippen LogP contribution in [0.2, 0.25) is 0 Å². The molecule has 0 aliphatic carbocycles. The van der Waals surface area contributed by atoms with E-state index < -0.39 is 11.9 Å². The minimum Gasteiger partial charge on any atom is -0.481 e. The van der Waals surface area contributed by atoms with Crippen molar-refractivity contribution in [3.63, 3.8) is 0 Å². The molecular formula is C13H13NO5. The van der Waals surface area contributed by atoms with E-state index in [4.69, 9.17) is 14.6 Å². The van der Waals surface area contributed by atoms with Gasteiger partial charge in [-0.3, -0.25) is 9.59 Å². The molecule has 19 heavy (non-hydrogen) atoms. The SMILES string of the molecule is CCN1CC(C(=O)O)C(=O)c2cc3c(cc21)OCO3. The average Bonchev–Trinajstić information content (AvgIpc) is 2.84. The van der Waals surface area contributed by atoms with Crippen molar-refractivity contribution in [3.05, 3.63) is 17.7 Å². The number of anilines is 1. The van der Waals surface area contributed by atoms with Crippen LogP contribution in [0.1, 0.15) is 17.3 Å². The van der Waals surface area contributed by atoms with Gasteiger partial charge in [-0.25, -0.2) is 0 Å². The number of hydrogen-bond donors (Lipinski definition) is 1. The van der Waals surface area contributed by atoms with Crippen LogP contribution in [0.3, 0.4) is 0 Å². The Kier molecular flexibility index (Phi) is 2.58. The second-order valence-electron chi connectivity index (χ2n) is 4.52. The molecule has 0 bridgehead atoms. The summed E-state index contributed by atoms with van der Waals surface area (Å²) in [6.45, 7) is 2.87. The number of benzene rings is 1. The molecule has 1 atom stereocenters. The van der Waals surface area contributed by atoms with Crippen LogP contribution in [0.5, 0.6) is 11.5 Å². The van der Waals surface area contributed by atoms with Gasteiger partial charge < -0.3 is 19.5 Å². The highest BCUT2D eigenvalue weighted by Gasteiger charge is 2.37. The third-order valence-electron chi connectivity index (χ3n) is 3.50. The molecular weight excluding hydrogens is 250 g/mol. The molecule has 1 unspecified atom stereocenters. The largest absolute Gasteiger partial charge is 0.481 e. The number of carbonyl (C=O) groups is 2. The standard InChI is InChI=1S/C13H13NO5/c1-2-14-5-8(13(16)17)12(15)7-3-10-11(4-9(7)14)19-6-18-10/h3-4,8H,2,5-6H2,1H3,(H,16,17). The first-order valence-electron chi connectivity index (χ1n) is 6.07. The second-order valence-corrected chi connectivity index (χ2v) is 4.52. The van der Waals surface area contributed by atoms with Crippen LogP contribution in [-0.2, 0) is 4.79 Å². The fraction of sp³-hybridized carbons (Fsp3) is 0.385. The van der Waals surface area contributed by atoms with Gasteiger partial charge in [0.1, 0.15) is 5.92 Å². The normalized spacial score (nSPS) is 20.4. The van der Waals surface area contributed by atoms with Crippen LogP contribution in [0, 0.1) is 5.92 Å². The van der Waals surface area contributed by atoms with Crippen LogP contribution in [0.15, 0.2) is 12.1 Å². The Labute approximate surface area is 109 Å². The number of carboxylic acid groups (broad SMARTS) is 1. The molecule has 3 rings (SSSR count). The summed E-state index contributed by atoms with van der Waals surface area (Å²) in [5.74, 6) is -1.39. The van der Waals surface area contributed by atoms with E-state index in [9.17, 15) is 9.59 Å². The molecule has 0 radical (unpaired) electrons. The maximum Gasteiger partial charge on any atom is 0.316 e. The predicted molar refractivity (Wildman–Crippen MR) is 65.9 cm³/mol. The van der Waals surface area contributed by atoms with Gasteiger partial charge in [0.15, 0.2) is 17.3 Å². The maximum absolute atomic E-state index is 12.2. The molecule has 0 aromatic heterocycles. The quantitative estimate of drug-likeness (QED) is 0.806. The summed E-state index contributed by atoms with van der Waals surface area (Å²) in [4.78, 5) is 25.3. The molecule has 2 heterocycles. The molecule has 2 aliphatic rings. The summed E-state index contributed by atoms with van der Waals surface area (Å²) in [7, 11) is 0. The summed E-state index contributed by atoms with van der Waals surface area (Å²) in [6, 6.07) is 3.33. The molecule has 1 aromatic carbocycles. The van der Waals surface area contributed by atoms with Gasteiger partial charge in [0.05, 0.1) is 5.69 Å². The van der Waals surface area contributed by atoms with Crippen molar-refractivity contribution in [3.8, 4) is 11.5 Å². The third-order valence-corrected chi connectivity index (χ3v) is 3.50. The zero-order valence-corrected chi connectivity index (χ0v) is 10.4. The predicted octanol–water partition coefficient (Wildman–Crippen LogP) is 1.14. The second kappa shape index (κ2) is 4.15. The van der Waals surface area contributed by atoms with E-state index in [0.29, 0.717) is 29.3 Å². The zero-order valence-electron chi connectivity index (χ0n) is 10.4. The summed E-state index contributed by atoms with van der Waals surface area (Å²) >= 11 is 0. The molecule has 1 aromatic rings. The number of Topliss-reactive ketones (excluding diaryl/α,β-unsaturated/α-hetero) is 1. The van der Waals surface area contributed by atoms with Crippen LogP contribution < -0.4 is 14.4 Å². The van der Waals surface area contributed by atoms with Gasteiger partial charge in [0, 0.05) is 24.7 Å². The van der Waals surface area contributed by atoms with E-state index in [1.165, 1.54) is 0 Å². The highest BCUT2D eigenvalue weighted by Crippen LogP contribution is 2.41. The van der Waals surface area contributed by atoms with Gasteiger partial charge >= 0.3 is 5.97 Å². The Morgan fingerprint density at radius 1 is 1.42 bits per heavy atom. The minimum absolute atomic E-state index is 0.126. The molecule has 0 spiro atoms. The van der Waals surface area contributed by atoms with Crippen LogP contribution >= 0.6 is 0 Å². The van der Waals surface area contributed by atoms with Crippen molar-refractivity contribution < 1.29 is 24.2 Å². The smallest absolute Gasteiger partial charge is 0.316 e. The first-order valence-corrected chi connectivity index (χ1v) is 6.07. The van der Waals surface area contributed by atoms with E-state index in [-0.39, 0.29) is 19.1 Å². The number of carboxylic acids is 1. The van der Waals surface area contributed by atoms with Crippen LogP contribution in [0.25, 0.3) is 0 Å². The van der Waals surface area contributed by atoms with Crippen LogP contribution in [-0.4, -0.2) is 36.7 Å². The fourth-order valence-electron chi connectivity index (χ4n) is 2.47. The van der Waals surface area contributed by atoms with E-state index >= 15 is 0 Å². The number of fused-ring (bicyclic) bond motifs is 2. The lowest BCUT2D eigenvalue weighted by Crippen LogP contribution is -2.42. The Balaban J connectivity index is 2.12. The number of carbonyl (C=O) groups excluding carboxylic acids is 1. The average molecular weight is 263 g/mol. The Hall–Kier alpha value is -2.24. The minimum atomic E-state index is -1.09. The maximum atomic E-state index is 12.2. The topological polar surface area (TPSA) is 76.1 Å². The molecule has 0 fully saturated rings. The Morgan fingerprint density at radius 2 is 2.11 bits per heavy atom. The summed E-state index contributed by atoms with van der Waals surface area (Å²) in [5.41, 5.74) is 1.11. The monoisotopic (exact) mass is 263 g/mol. The van der Waals surface area contributed by atoms with Crippen molar-refractivity contribution in [1.29, 1.82) is 0 Å². The van der Waals surface area contributed by atoms with Gasteiger partial charge in [-0.05, 0) is 13.0 Å². The van der Waals surface area contributed by atoms with E-state index in [2.05, 4.69) is 0 Å². The van der Waals surface area contributed by atoms with Crippen molar-refractivity contribution in [2.24, 2.45) is 5.92 Å². The summed E-state index contributed by atoms with van der Waals surface area (Å²) in [5, 5.41) is 9.14. The van der Waals surface area contributed by atoms with Gasteiger partial charge in [-0.1, -0.05) is 0 Å². The van der Waals surface area contributed by atoms with Gasteiger partial charge in [0.25, 0.3) is 0 Å². The molecule has 6 nitrogen and oxygen atoms in total. The summed E-state index contributed by atoms with van der Waals surface area (Å²) < 4.78 is 10.5. The van der Waals surface area contributed by atoms with Crippen molar-refractivity contribution in [2.45, 2.75) is 6.92 Å². The number of ether oxygens (including phenoxy) is 2. The highest BCUT2D eigenvalue weighted by molar-refractivity contribution is 6.13. The van der Waals surface area contributed by atoms with E-state index in [1.807, 2.05) is 11.8 Å². The van der Waals surface area contributed by atoms with E-state index in [0.717, 1.165) is 0 Å². The first-order chi connectivity index (χ1) is 9.11. The number of aliphatic carboxylic acids is 1. The lowest BCUT2D eigenvalue weighted by atomic mass is 9.90. The first kappa shape index (κ1) is 11.8. The molecule has 0 saturated heterocycles. The zero-order chi connectivity index (χ0) is 13.6. The van der Waals surface area contributed by atoms with Gasteiger partial charge in [0.2, 0.25) is 6.79 Å². The van der Waals surface area contributed by atoms with Gasteiger partial charge in [-0.15, -0.1) is 0 Å². The number of rotatable bonds is 2. The lowest BCUT2D eigenvalue weighted by Gasteiger charge is -2.32. The van der Waals surface area contributed by atoms with Crippen molar-refractivity contribution >= 4 is 17.4 Å². The van der Waals surface area contributed by atoms with Crippen molar-refractivity contribution in [2.75, 3.05) is 24.8 Å².